The molecule has 5 rings (SSSR count). The van der Waals surface area contributed by atoms with Crippen molar-refractivity contribution in [3.8, 4) is 5.75 Å². The van der Waals surface area contributed by atoms with E-state index in [2.05, 4.69) is 37.1 Å². The predicted molar refractivity (Wildman–Crippen MR) is 140 cm³/mol. The van der Waals surface area contributed by atoms with Crippen molar-refractivity contribution in [2.45, 2.75) is 65.8 Å². The monoisotopic (exact) mass is 496 g/mol. The van der Waals surface area contributed by atoms with Crippen LogP contribution in [0.15, 0.2) is 29.4 Å². The molecule has 1 heterocycles. The van der Waals surface area contributed by atoms with Gasteiger partial charge >= 0.3 is 0 Å². The lowest BCUT2D eigenvalue weighted by Crippen LogP contribution is -2.52. The Morgan fingerprint density at radius 1 is 1.25 bits per heavy atom. The van der Waals surface area contributed by atoms with Crippen LogP contribution in [0.3, 0.4) is 0 Å². The van der Waals surface area contributed by atoms with Gasteiger partial charge < -0.3 is 14.8 Å². The number of nitrogens with zero attached hydrogens (tertiary/aromatic N) is 1. The molecule has 1 aromatic rings. The van der Waals surface area contributed by atoms with Crippen molar-refractivity contribution in [1.82, 2.24) is 10.2 Å². The SMILES string of the molecule is COc1cc(F)cc2c1CC(CCN1CCOCC1)=CC(C)=C2C(=O)NC1C2(C)CCC(C2)C1(C)C. The Kier molecular flexibility index (Phi) is 6.80. The maximum Gasteiger partial charge on any atom is 0.252 e. The third-order valence-electron chi connectivity index (χ3n) is 9.51. The van der Waals surface area contributed by atoms with E-state index in [0.29, 0.717) is 29.2 Å². The number of ether oxygens (including phenoxy) is 2. The van der Waals surface area contributed by atoms with Crippen molar-refractivity contribution in [2.75, 3.05) is 40.0 Å². The zero-order valence-electron chi connectivity index (χ0n) is 22.5. The number of carbonyl (C=O) groups excluding carboxylic acids is 1. The largest absolute Gasteiger partial charge is 0.496 e. The Balaban J connectivity index is 1.49. The second-order valence-corrected chi connectivity index (χ2v) is 12.2. The second-order valence-electron chi connectivity index (χ2n) is 12.2. The number of carbonyl (C=O) groups is 1. The number of allylic oxidation sites excluding steroid dienone is 2. The summed E-state index contributed by atoms with van der Waals surface area (Å²) in [6.45, 7) is 13.3. The number of methoxy groups -OCH3 is 1. The number of rotatable bonds is 6. The van der Waals surface area contributed by atoms with Gasteiger partial charge in [-0.15, -0.1) is 0 Å². The summed E-state index contributed by atoms with van der Waals surface area (Å²) < 4.78 is 25.9. The van der Waals surface area contributed by atoms with E-state index >= 15 is 0 Å². The van der Waals surface area contributed by atoms with E-state index in [1.807, 2.05) is 6.92 Å². The molecule has 1 N–H and O–H groups in total. The Hall–Kier alpha value is -2.18. The minimum atomic E-state index is -0.382. The third kappa shape index (κ3) is 4.51. The molecule has 0 radical (unpaired) electrons. The highest BCUT2D eigenvalue weighted by Gasteiger charge is 2.59. The van der Waals surface area contributed by atoms with E-state index in [0.717, 1.165) is 63.2 Å². The van der Waals surface area contributed by atoms with Gasteiger partial charge in [0.25, 0.3) is 5.91 Å². The Labute approximate surface area is 215 Å². The Bertz CT molecular complexity index is 1100. The summed E-state index contributed by atoms with van der Waals surface area (Å²) in [6.07, 6.45) is 7.23. The molecule has 36 heavy (non-hydrogen) atoms. The number of morpholine rings is 1. The van der Waals surface area contributed by atoms with Gasteiger partial charge in [-0.1, -0.05) is 32.4 Å². The molecule has 0 aromatic heterocycles. The summed E-state index contributed by atoms with van der Waals surface area (Å²) in [5, 5.41) is 3.45. The quantitative estimate of drug-likeness (QED) is 0.592. The first-order valence-corrected chi connectivity index (χ1v) is 13.5. The van der Waals surface area contributed by atoms with Gasteiger partial charge in [0.05, 0.1) is 20.3 Å². The molecule has 0 spiro atoms. The first-order valence-electron chi connectivity index (χ1n) is 13.5. The zero-order valence-corrected chi connectivity index (χ0v) is 22.5. The van der Waals surface area contributed by atoms with Crippen molar-refractivity contribution < 1.29 is 18.7 Å². The normalized spacial score (nSPS) is 29.6. The van der Waals surface area contributed by atoms with E-state index in [1.165, 1.54) is 24.1 Å². The third-order valence-corrected chi connectivity index (χ3v) is 9.51. The lowest BCUT2D eigenvalue weighted by atomic mass is 9.68. The first kappa shape index (κ1) is 25.5. The molecule has 196 valence electrons. The smallest absolute Gasteiger partial charge is 0.252 e. The van der Waals surface area contributed by atoms with Gasteiger partial charge in [-0.05, 0) is 73.0 Å². The van der Waals surface area contributed by atoms with E-state index in [9.17, 15) is 9.18 Å². The highest BCUT2D eigenvalue weighted by molar-refractivity contribution is 6.21. The predicted octanol–water partition coefficient (Wildman–Crippen LogP) is 5.14. The molecule has 4 aliphatic rings. The second kappa shape index (κ2) is 9.60. The summed E-state index contributed by atoms with van der Waals surface area (Å²) in [5.74, 6) is 0.662. The maximum absolute atomic E-state index is 14.8. The summed E-state index contributed by atoms with van der Waals surface area (Å²) in [4.78, 5) is 16.4. The van der Waals surface area contributed by atoms with E-state index in [4.69, 9.17) is 9.47 Å². The average Bonchev–Trinajstić information content (AvgIpc) is 3.27. The summed E-state index contributed by atoms with van der Waals surface area (Å²) in [5.41, 5.74) is 4.42. The van der Waals surface area contributed by atoms with E-state index < -0.39 is 0 Å². The van der Waals surface area contributed by atoms with Crippen LogP contribution >= 0.6 is 0 Å². The maximum atomic E-state index is 14.8. The summed E-state index contributed by atoms with van der Waals surface area (Å²) in [7, 11) is 1.58. The van der Waals surface area contributed by atoms with Crippen LogP contribution in [-0.4, -0.2) is 56.8 Å². The highest BCUT2D eigenvalue weighted by Crippen LogP contribution is 2.62. The molecule has 6 heteroatoms. The lowest BCUT2D eigenvalue weighted by Gasteiger charge is -2.43. The van der Waals surface area contributed by atoms with Crippen LogP contribution in [0.4, 0.5) is 4.39 Å². The molecule has 5 nitrogen and oxygen atoms in total. The summed E-state index contributed by atoms with van der Waals surface area (Å²) in [6, 6.07) is 3.06. The van der Waals surface area contributed by atoms with Crippen molar-refractivity contribution in [2.24, 2.45) is 16.7 Å². The number of nitrogens with one attached hydrogen (secondary N) is 1. The number of amides is 1. The molecule has 3 atom stereocenters. The van der Waals surface area contributed by atoms with Crippen LogP contribution in [0.5, 0.6) is 5.75 Å². The fraction of sp³-hybridized carbons (Fsp3) is 0.633. The topological polar surface area (TPSA) is 50.8 Å². The average molecular weight is 497 g/mol. The van der Waals surface area contributed by atoms with Crippen LogP contribution in [-0.2, 0) is 16.0 Å². The number of benzene rings is 1. The van der Waals surface area contributed by atoms with Gasteiger partial charge in [-0.2, -0.15) is 0 Å². The van der Waals surface area contributed by atoms with Gasteiger partial charge in [-0.3, -0.25) is 9.69 Å². The molecular formula is C30H41FN2O3. The molecule has 1 saturated heterocycles. The minimum absolute atomic E-state index is 0.0451. The minimum Gasteiger partial charge on any atom is -0.496 e. The molecular weight excluding hydrogens is 455 g/mol. The van der Waals surface area contributed by atoms with E-state index in [-0.39, 0.29) is 28.6 Å². The van der Waals surface area contributed by atoms with Gasteiger partial charge in [0.15, 0.2) is 0 Å². The number of hydrogen-bond acceptors (Lipinski definition) is 4. The Morgan fingerprint density at radius 3 is 2.67 bits per heavy atom. The fourth-order valence-corrected chi connectivity index (χ4v) is 7.52. The summed E-state index contributed by atoms with van der Waals surface area (Å²) >= 11 is 0. The number of fused-ring (bicyclic) bond motifs is 3. The van der Waals surface area contributed by atoms with Crippen LogP contribution in [0.2, 0.25) is 0 Å². The van der Waals surface area contributed by atoms with E-state index in [1.54, 1.807) is 7.11 Å². The Morgan fingerprint density at radius 2 is 2.00 bits per heavy atom. The van der Waals surface area contributed by atoms with Gasteiger partial charge in [-0.25, -0.2) is 4.39 Å². The molecule has 1 aromatic carbocycles. The molecule has 3 aliphatic carbocycles. The van der Waals surface area contributed by atoms with Crippen LogP contribution in [0.1, 0.15) is 64.5 Å². The molecule has 3 unspecified atom stereocenters. The zero-order chi connectivity index (χ0) is 25.7. The fourth-order valence-electron chi connectivity index (χ4n) is 7.52. The van der Waals surface area contributed by atoms with Crippen LogP contribution in [0.25, 0.3) is 5.57 Å². The molecule has 1 aliphatic heterocycles. The van der Waals surface area contributed by atoms with Crippen LogP contribution < -0.4 is 10.1 Å². The van der Waals surface area contributed by atoms with Gasteiger partial charge in [0, 0.05) is 42.9 Å². The van der Waals surface area contributed by atoms with Gasteiger partial charge in [0.2, 0.25) is 0 Å². The van der Waals surface area contributed by atoms with Crippen molar-refractivity contribution >= 4 is 11.5 Å². The molecule has 2 bridgehead atoms. The van der Waals surface area contributed by atoms with Crippen molar-refractivity contribution in [3.05, 3.63) is 46.3 Å². The van der Waals surface area contributed by atoms with Crippen molar-refractivity contribution in [1.29, 1.82) is 0 Å². The number of hydrogen-bond donors (Lipinski definition) is 1. The number of halogens is 1. The first-order chi connectivity index (χ1) is 17.1. The lowest BCUT2D eigenvalue weighted by molar-refractivity contribution is -0.118. The molecule has 1 amide bonds. The highest BCUT2D eigenvalue weighted by atomic mass is 19.1. The van der Waals surface area contributed by atoms with Crippen LogP contribution in [0, 0.1) is 22.6 Å². The standard InChI is InChI=1S/C30H41FN2O3/c1-19-14-20(7-9-33-10-12-36-13-11-33)15-23-24(16-22(31)17-25(23)35-5)26(19)27(34)32-28-29(2,3)21-6-8-30(28,4)18-21/h14,16-17,21,28H,6-13,15,18H2,1-5H3,(H,32,34). The van der Waals surface area contributed by atoms with Crippen molar-refractivity contribution in [3.63, 3.8) is 0 Å². The molecule has 2 saturated carbocycles. The molecule has 3 fully saturated rings. The van der Waals surface area contributed by atoms with Gasteiger partial charge in [0.1, 0.15) is 11.6 Å².